The Morgan fingerprint density at radius 2 is 0.950 bits per heavy atom. The highest BCUT2D eigenvalue weighted by Crippen LogP contribution is 1.69. The Morgan fingerprint density at radius 3 is 1.10 bits per heavy atom. The summed E-state index contributed by atoms with van der Waals surface area (Å²) in [5.41, 5.74) is 4.71. The van der Waals surface area contributed by atoms with E-state index in [-0.39, 0.29) is 0 Å². The number of carboxylic acid groups (broad SMARTS) is 2. The molecule has 0 unspecified atom stereocenters. The van der Waals surface area contributed by atoms with Gasteiger partial charge in [0.2, 0.25) is 0 Å². The summed E-state index contributed by atoms with van der Waals surface area (Å²) in [6.07, 6.45) is 0. The van der Waals surface area contributed by atoms with E-state index in [1.54, 1.807) is 0 Å². The van der Waals surface area contributed by atoms with Gasteiger partial charge in [0, 0.05) is 40.8 Å². The van der Waals surface area contributed by atoms with Crippen LogP contribution in [-0.4, -0.2) is 47.2 Å². The lowest BCUT2D eigenvalue weighted by Gasteiger charge is -2.04. The van der Waals surface area contributed by atoms with E-state index in [0.717, 1.165) is 13.8 Å². The number of hydrogen-bond acceptors (Lipinski definition) is 8. The molecular weight excluding hydrogens is 276 g/mol. The summed E-state index contributed by atoms with van der Waals surface area (Å²) in [4.78, 5) is 47.1. The number of carbonyl (C=O) groups is 4. The Morgan fingerprint density at radius 1 is 0.750 bits per heavy atom. The van der Waals surface area contributed by atoms with Gasteiger partial charge in [-0.05, 0) is 0 Å². The molecule has 20 heavy (non-hydrogen) atoms. The van der Waals surface area contributed by atoms with Crippen molar-refractivity contribution in [1.29, 1.82) is 0 Å². The van der Waals surface area contributed by atoms with Crippen LogP contribution in [0.15, 0.2) is 0 Å². The van der Waals surface area contributed by atoms with E-state index in [1.165, 1.54) is 13.8 Å². The maximum Gasteiger partial charge on any atom is 0.321 e. The molecule has 10 heteroatoms. The molecule has 0 aromatic carbocycles. The summed E-state index contributed by atoms with van der Waals surface area (Å²) in [6, 6.07) is 0. The minimum atomic E-state index is -0.833. The Labute approximate surface area is 116 Å². The number of hydrogen-bond donors (Lipinski definition) is 4. The first-order chi connectivity index (χ1) is 9.09. The third-order valence-corrected chi connectivity index (χ3v) is 0.761. The molecule has 0 aliphatic carbocycles. The lowest BCUT2D eigenvalue weighted by atomic mass is 10.7. The fourth-order valence-electron chi connectivity index (χ4n) is 0.407. The molecule has 0 amide bonds. The van der Waals surface area contributed by atoms with E-state index in [4.69, 9.17) is 19.8 Å². The zero-order chi connectivity index (χ0) is 16.6. The molecule has 0 spiro atoms. The highest BCUT2D eigenvalue weighted by atomic mass is 16.7. The van der Waals surface area contributed by atoms with Gasteiger partial charge >= 0.3 is 11.9 Å². The highest BCUT2D eigenvalue weighted by Gasteiger charge is 1.93. The van der Waals surface area contributed by atoms with Gasteiger partial charge in [0.25, 0.3) is 11.9 Å². The number of nitrogens with one attached hydrogen (secondary N) is 2. The van der Waals surface area contributed by atoms with Crippen molar-refractivity contribution in [3.63, 3.8) is 0 Å². The number of rotatable bonds is 5. The molecule has 0 bridgehead atoms. The summed E-state index contributed by atoms with van der Waals surface area (Å²) in [7, 11) is 0. The van der Waals surface area contributed by atoms with Crippen LogP contribution in [0.1, 0.15) is 27.7 Å². The van der Waals surface area contributed by atoms with Crippen molar-refractivity contribution in [3.8, 4) is 0 Å². The zero-order valence-electron chi connectivity index (χ0n) is 11.8. The van der Waals surface area contributed by atoms with Gasteiger partial charge < -0.3 is 19.9 Å². The molecule has 0 aromatic rings. The second kappa shape index (κ2) is 16.8. The van der Waals surface area contributed by atoms with Crippen molar-refractivity contribution in [3.05, 3.63) is 0 Å². The van der Waals surface area contributed by atoms with E-state index in [2.05, 4.69) is 20.6 Å². The standard InChI is InChI=1S/C6H12N2O4.2C2H4O2/c1-5(9)11-7-3-4-8-12-6(2)10;2*1-2(3)4/h7-8H,3-4H2,1-2H3;2*1H3,(H,3,4). The molecule has 0 radical (unpaired) electrons. The molecule has 0 aromatic heterocycles. The smallest absolute Gasteiger partial charge is 0.321 e. The summed E-state index contributed by atoms with van der Waals surface area (Å²) in [6.45, 7) is 5.47. The van der Waals surface area contributed by atoms with Crippen LogP contribution in [0.3, 0.4) is 0 Å². The number of carbonyl (C=O) groups excluding carboxylic acids is 2. The Balaban J connectivity index is -0.000000297. The van der Waals surface area contributed by atoms with Crippen LogP contribution in [0, 0.1) is 0 Å². The molecule has 0 fully saturated rings. The molecule has 0 aliphatic heterocycles. The number of hydroxylamine groups is 2. The summed E-state index contributed by atoms with van der Waals surface area (Å²) in [5, 5.41) is 14.8. The molecule has 0 saturated carbocycles. The van der Waals surface area contributed by atoms with Crippen LogP contribution < -0.4 is 11.0 Å². The zero-order valence-corrected chi connectivity index (χ0v) is 11.8. The lowest BCUT2D eigenvalue weighted by Crippen LogP contribution is -2.29. The van der Waals surface area contributed by atoms with Gasteiger partial charge in [0.15, 0.2) is 0 Å². The van der Waals surface area contributed by atoms with Crippen molar-refractivity contribution in [2.24, 2.45) is 0 Å². The molecule has 0 saturated heterocycles. The van der Waals surface area contributed by atoms with Crippen LogP contribution in [0.5, 0.6) is 0 Å². The SMILES string of the molecule is CC(=O)O.CC(=O)O.CC(=O)ONCCNOC(C)=O. The second-order valence-electron chi connectivity index (χ2n) is 3.01. The molecule has 0 rings (SSSR count). The van der Waals surface area contributed by atoms with Gasteiger partial charge in [-0.25, -0.2) is 0 Å². The van der Waals surface area contributed by atoms with Crippen molar-refractivity contribution in [2.45, 2.75) is 27.7 Å². The lowest BCUT2D eigenvalue weighted by molar-refractivity contribution is -0.151. The van der Waals surface area contributed by atoms with Crippen LogP contribution >= 0.6 is 0 Å². The number of carboxylic acids is 2. The monoisotopic (exact) mass is 296 g/mol. The molecule has 0 heterocycles. The fraction of sp³-hybridized carbons (Fsp3) is 0.600. The van der Waals surface area contributed by atoms with Crippen molar-refractivity contribution < 1.29 is 39.1 Å². The first-order valence-corrected chi connectivity index (χ1v) is 5.29. The quantitative estimate of drug-likeness (QED) is 0.378. The van der Waals surface area contributed by atoms with Gasteiger partial charge in [-0.15, -0.1) is 0 Å². The third-order valence-electron chi connectivity index (χ3n) is 0.761. The van der Waals surface area contributed by atoms with E-state index >= 15 is 0 Å². The predicted octanol–water partition coefficient (Wildman–Crippen LogP) is -0.696. The van der Waals surface area contributed by atoms with E-state index in [1.807, 2.05) is 0 Å². The van der Waals surface area contributed by atoms with E-state index < -0.39 is 23.9 Å². The van der Waals surface area contributed by atoms with Gasteiger partial charge in [-0.1, -0.05) is 0 Å². The fourth-order valence-corrected chi connectivity index (χ4v) is 0.407. The number of aliphatic carboxylic acids is 2. The van der Waals surface area contributed by atoms with Crippen LogP contribution in [0.4, 0.5) is 0 Å². The van der Waals surface area contributed by atoms with Crippen molar-refractivity contribution in [1.82, 2.24) is 11.0 Å². The first kappa shape index (κ1) is 22.9. The Hall–Kier alpha value is -2.20. The molecular formula is C10H20N2O8. The summed E-state index contributed by atoms with van der Waals surface area (Å²) < 4.78 is 0. The van der Waals surface area contributed by atoms with E-state index in [0.29, 0.717) is 13.1 Å². The maximum absolute atomic E-state index is 10.2. The molecule has 4 N–H and O–H groups in total. The van der Waals surface area contributed by atoms with Crippen LogP contribution in [-0.2, 0) is 28.9 Å². The molecule has 10 nitrogen and oxygen atoms in total. The largest absolute Gasteiger partial charge is 0.481 e. The minimum Gasteiger partial charge on any atom is -0.481 e. The molecule has 0 atom stereocenters. The van der Waals surface area contributed by atoms with Crippen LogP contribution in [0.25, 0.3) is 0 Å². The minimum absolute atomic E-state index is 0.368. The topological polar surface area (TPSA) is 151 Å². The highest BCUT2D eigenvalue weighted by molar-refractivity contribution is 5.65. The maximum atomic E-state index is 10.2. The average molecular weight is 296 g/mol. The summed E-state index contributed by atoms with van der Waals surface area (Å²) >= 11 is 0. The summed E-state index contributed by atoms with van der Waals surface area (Å²) in [5.74, 6) is -2.50. The normalized spacial score (nSPS) is 8.00. The Bertz CT molecular complexity index is 268. The molecule has 118 valence electrons. The van der Waals surface area contributed by atoms with Gasteiger partial charge in [0.05, 0.1) is 0 Å². The van der Waals surface area contributed by atoms with E-state index in [9.17, 15) is 9.59 Å². The predicted molar refractivity (Wildman–Crippen MR) is 66.2 cm³/mol. The van der Waals surface area contributed by atoms with Crippen molar-refractivity contribution >= 4 is 23.9 Å². The van der Waals surface area contributed by atoms with Crippen LogP contribution in [0.2, 0.25) is 0 Å². The van der Waals surface area contributed by atoms with Crippen molar-refractivity contribution in [2.75, 3.05) is 13.1 Å². The first-order valence-electron chi connectivity index (χ1n) is 5.29. The molecule has 0 aliphatic rings. The average Bonchev–Trinajstić information content (AvgIpc) is 2.20. The second-order valence-corrected chi connectivity index (χ2v) is 3.01. The van der Waals surface area contributed by atoms with Gasteiger partial charge in [0.1, 0.15) is 0 Å². The van der Waals surface area contributed by atoms with Gasteiger partial charge in [-0.2, -0.15) is 11.0 Å². The van der Waals surface area contributed by atoms with Gasteiger partial charge in [-0.3, -0.25) is 19.2 Å². The Kier molecular flexibility index (Phi) is 19.3. The third kappa shape index (κ3) is 74.8.